The Bertz CT molecular complexity index is 2070. The topological polar surface area (TPSA) is 197 Å². The zero-order valence-electron chi connectivity index (χ0n) is 36.4. The molecule has 0 fully saturated rings. The van der Waals surface area contributed by atoms with Gasteiger partial charge < -0.3 is 31.2 Å². The number of halogens is 1. The maximum atomic E-state index is 12.8. The van der Waals surface area contributed by atoms with E-state index in [1.165, 1.54) is 39.5 Å². The highest BCUT2D eigenvalue weighted by molar-refractivity contribution is 6.29. The lowest BCUT2D eigenvalue weighted by atomic mass is 9.97. The molecule has 5 N–H and O–H groups in total. The molecule has 0 saturated heterocycles. The van der Waals surface area contributed by atoms with Gasteiger partial charge >= 0.3 is 6.03 Å². The lowest BCUT2D eigenvalue weighted by molar-refractivity contribution is -0.122. The first-order valence-electron chi connectivity index (χ1n) is 20.6. The maximum Gasteiger partial charge on any atom is 0.323 e. The van der Waals surface area contributed by atoms with Crippen molar-refractivity contribution < 1.29 is 33.9 Å². The summed E-state index contributed by atoms with van der Waals surface area (Å²) in [6, 6.07) is 17.0. The van der Waals surface area contributed by atoms with Gasteiger partial charge in [-0.1, -0.05) is 70.0 Å². The fraction of sp³-hybridized carbons (Fsp3) is 0.404. The molecule has 4 aromatic rings. The normalized spacial score (nSPS) is 10.9. The molecular formula is C47H61ClN6O7. The molecule has 2 aromatic carbocycles. The molecule has 0 aliphatic carbocycles. The van der Waals surface area contributed by atoms with Crippen molar-refractivity contribution in [3.05, 3.63) is 112 Å². The number of Topliss-reactive ketones (excluding diaryl/α,β-unsaturated/α-hetero) is 3. The summed E-state index contributed by atoms with van der Waals surface area (Å²) in [5.74, 6) is 0.852. The molecule has 2 aromatic heterocycles. The van der Waals surface area contributed by atoms with E-state index in [0.29, 0.717) is 76.9 Å². The molecule has 0 radical (unpaired) electrons. The van der Waals surface area contributed by atoms with Crippen molar-refractivity contribution in [2.45, 2.75) is 100 Å². The fourth-order valence-corrected chi connectivity index (χ4v) is 6.01. The van der Waals surface area contributed by atoms with Gasteiger partial charge in [0.05, 0.1) is 17.9 Å². The lowest BCUT2D eigenvalue weighted by Crippen LogP contribution is -2.25. The number of anilines is 3. The smallest absolute Gasteiger partial charge is 0.323 e. The van der Waals surface area contributed by atoms with E-state index in [1.807, 2.05) is 32.0 Å². The Morgan fingerprint density at radius 3 is 2.21 bits per heavy atom. The van der Waals surface area contributed by atoms with Crippen LogP contribution >= 0.6 is 11.6 Å². The van der Waals surface area contributed by atoms with E-state index in [1.54, 1.807) is 42.6 Å². The Kier molecular flexibility index (Phi) is 23.5. The number of hydrogen-bond donors (Lipinski definition) is 5. The van der Waals surface area contributed by atoms with Crippen LogP contribution in [0.1, 0.15) is 128 Å². The average Bonchev–Trinajstić information content (AvgIpc) is 3.23. The summed E-state index contributed by atoms with van der Waals surface area (Å²) in [6.07, 6.45) is 9.49. The van der Waals surface area contributed by atoms with Crippen LogP contribution < -0.4 is 21.3 Å². The number of nitrogens with one attached hydrogen (secondary N) is 4. The molecule has 61 heavy (non-hydrogen) atoms. The summed E-state index contributed by atoms with van der Waals surface area (Å²) >= 11 is 5.92. The minimum atomic E-state index is -0.504. The van der Waals surface area contributed by atoms with Crippen LogP contribution in [0.15, 0.2) is 73.1 Å². The van der Waals surface area contributed by atoms with Gasteiger partial charge in [-0.2, -0.15) is 0 Å². The number of aliphatic hydroxyl groups excluding tert-OH is 1. The monoisotopic (exact) mass is 856 g/mol. The van der Waals surface area contributed by atoms with Crippen molar-refractivity contribution in [3.8, 4) is 0 Å². The predicted octanol–water partition coefficient (Wildman–Crippen LogP) is 9.32. The van der Waals surface area contributed by atoms with Gasteiger partial charge in [0.15, 0.2) is 11.6 Å². The van der Waals surface area contributed by atoms with Crippen LogP contribution in [0.2, 0.25) is 5.15 Å². The minimum absolute atomic E-state index is 0.154. The summed E-state index contributed by atoms with van der Waals surface area (Å²) in [7, 11) is 0. The molecule has 0 bridgehead atoms. The van der Waals surface area contributed by atoms with Crippen LogP contribution in [-0.2, 0) is 29.0 Å². The van der Waals surface area contributed by atoms with Crippen LogP contribution in [0, 0.1) is 11.8 Å². The van der Waals surface area contributed by atoms with E-state index >= 15 is 0 Å². The molecular weight excluding hydrogens is 796 g/mol. The van der Waals surface area contributed by atoms with Crippen molar-refractivity contribution in [1.29, 1.82) is 0 Å². The average molecular weight is 857 g/mol. The van der Waals surface area contributed by atoms with E-state index in [-0.39, 0.29) is 35.2 Å². The molecule has 2 heterocycles. The third-order valence-corrected chi connectivity index (χ3v) is 9.74. The number of urea groups is 1. The Morgan fingerprint density at radius 1 is 0.852 bits per heavy atom. The van der Waals surface area contributed by atoms with Crippen LogP contribution in [0.4, 0.5) is 21.9 Å². The van der Waals surface area contributed by atoms with Crippen LogP contribution in [-0.4, -0.2) is 63.7 Å². The highest BCUT2D eigenvalue weighted by atomic mass is 35.5. The molecule has 0 aliphatic heterocycles. The van der Waals surface area contributed by atoms with Gasteiger partial charge in [0.1, 0.15) is 17.2 Å². The van der Waals surface area contributed by atoms with Gasteiger partial charge in [-0.3, -0.25) is 24.2 Å². The van der Waals surface area contributed by atoms with Crippen molar-refractivity contribution >= 4 is 64.2 Å². The van der Waals surface area contributed by atoms with Crippen molar-refractivity contribution in [1.82, 2.24) is 15.3 Å². The minimum Gasteiger partial charge on any atom is -0.392 e. The lowest BCUT2D eigenvalue weighted by Gasteiger charge is -2.13. The number of carbonyl (C=O) groups excluding carboxylic acids is 6. The Hall–Kier alpha value is -5.79. The number of aldehydes is 1. The number of aliphatic hydroxyl groups is 1. The second kappa shape index (κ2) is 27.9. The zero-order valence-corrected chi connectivity index (χ0v) is 37.2. The number of nitrogens with zero attached hydrogens (tertiary/aromatic N) is 2. The van der Waals surface area contributed by atoms with E-state index in [0.717, 1.165) is 43.2 Å². The highest BCUT2D eigenvalue weighted by Crippen LogP contribution is 2.22. The first kappa shape index (κ1) is 51.4. The van der Waals surface area contributed by atoms with Gasteiger partial charge in [0.25, 0.3) is 5.91 Å². The number of aromatic nitrogens is 2. The summed E-state index contributed by atoms with van der Waals surface area (Å²) in [6.45, 7) is 13.4. The second-order valence-corrected chi connectivity index (χ2v) is 15.2. The molecule has 3 amide bonds. The number of carbonyl (C=O) groups is 6. The first-order chi connectivity index (χ1) is 29.1. The van der Waals surface area contributed by atoms with Crippen LogP contribution in [0.25, 0.3) is 0 Å². The van der Waals surface area contributed by atoms with E-state index in [2.05, 4.69) is 45.1 Å². The van der Waals surface area contributed by atoms with Gasteiger partial charge in [0, 0.05) is 71.6 Å². The van der Waals surface area contributed by atoms with Crippen LogP contribution in [0.5, 0.6) is 0 Å². The number of unbranched alkanes of at least 4 members (excludes halogenated alkanes) is 1. The molecule has 1 atom stereocenters. The number of pyridine rings is 2. The maximum absolute atomic E-state index is 12.8. The quantitative estimate of drug-likeness (QED) is 0.0247. The van der Waals surface area contributed by atoms with E-state index < -0.39 is 6.03 Å². The van der Waals surface area contributed by atoms with Crippen LogP contribution in [0.3, 0.4) is 0 Å². The zero-order chi connectivity index (χ0) is 45.3. The third kappa shape index (κ3) is 19.0. The number of hydrogen-bond acceptors (Lipinski definition) is 10. The Morgan fingerprint density at radius 2 is 1.56 bits per heavy atom. The van der Waals surface area contributed by atoms with E-state index in [9.17, 15) is 29.1 Å². The van der Waals surface area contributed by atoms with Gasteiger partial charge in [-0.25, -0.2) is 9.78 Å². The summed E-state index contributed by atoms with van der Waals surface area (Å²) in [5, 5.41) is 21.3. The molecule has 1 unspecified atom stereocenters. The molecule has 0 spiro atoms. The van der Waals surface area contributed by atoms with Gasteiger partial charge in [-0.15, -0.1) is 0 Å². The molecule has 0 saturated carbocycles. The van der Waals surface area contributed by atoms with Gasteiger partial charge in [-0.05, 0) is 101 Å². The Labute approximate surface area is 364 Å². The SMILES string of the molecule is CC(=O)c1cccc(NCCCCNC(=O)c2cccc(CCc3cc(NC(=O)Nc4cc(Cl)ncc4CO)ccn3)c2)c1C(C)=O.CC=O.CCC(C)CCC(=O)C(C)C. The Balaban J connectivity index is 0.000000787. The van der Waals surface area contributed by atoms with Crippen molar-refractivity contribution in [3.63, 3.8) is 0 Å². The van der Waals surface area contributed by atoms with Gasteiger partial charge in [0.2, 0.25) is 0 Å². The number of aryl methyl sites for hydroxylation is 2. The predicted molar refractivity (Wildman–Crippen MR) is 243 cm³/mol. The summed E-state index contributed by atoms with van der Waals surface area (Å²) < 4.78 is 0. The molecule has 0 aliphatic rings. The summed E-state index contributed by atoms with van der Waals surface area (Å²) in [5.41, 5.74) is 5.08. The number of rotatable bonds is 20. The third-order valence-electron chi connectivity index (χ3n) is 9.53. The molecule has 14 heteroatoms. The second-order valence-electron chi connectivity index (χ2n) is 14.8. The van der Waals surface area contributed by atoms with E-state index in [4.69, 9.17) is 16.4 Å². The number of benzene rings is 2. The number of amides is 3. The van der Waals surface area contributed by atoms with Crippen molar-refractivity contribution in [2.75, 3.05) is 29.0 Å². The first-order valence-corrected chi connectivity index (χ1v) is 21.0. The van der Waals surface area contributed by atoms with Crippen molar-refractivity contribution in [2.24, 2.45) is 11.8 Å². The highest BCUT2D eigenvalue weighted by Gasteiger charge is 2.16. The summed E-state index contributed by atoms with van der Waals surface area (Å²) in [4.78, 5) is 77.7. The number of ketones is 3. The molecule has 4 rings (SSSR count). The standard InChI is InChI=1S/C35H37ClN6O5.C10H20O.C2H4O/c1-22(44)29-9-6-10-30(33(29)23(2)45)38-14-3-4-15-39-34(46)25-8-5-7-24(17-25)11-12-27-18-28(13-16-37-27)41-35(47)42-31-19-32(36)40-20-26(31)21-43;1-5-9(4)6-7-10(11)8(2)3;1-2-3/h5-10,13,16-20,38,43H,3-4,11-12,14-15,21H2,1-2H3,(H,39,46)(H2,37,40,41,42,47);8-9H,5-7H2,1-4H3;2H,1H3. The fourth-order valence-electron chi connectivity index (χ4n) is 5.85. The molecule has 13 nitrogen and oxygen atoms in total. The molecule has 328 valence electrons. The largest absolute Gasteiger partial charge is 0.392 e.